The Morgan fingerprint density at radius 2 is 1.65 bits per heavy atom. The Bertz CT molecular complexity index is 756. The number of aromatic nitrogens is 2. The first kappa shape index (κ1) is 12.7. The van der Waals surface area contributed by atoms with Crippen molar-refractivity contribution in [2.24, 2.45) is 0 Å². The van der Waals surface area contributed by atoms with E-state index in [2.05, 4.69) is 9.97 Å². The first-order chi connectivity index (χ1) is 9.52. The van der Waals surface area contributed by atoms with E-state index >= 15 is 0 Å². The largest absolute Gasteiger partial charge is 0.342 e. The average Bonchev–Trinajstić information content (AvgIpc) is 2.75. The Labute approximate surface area is 111 Å². The van der Waals surface area contributed by atoms with Gasteiger partial charge in [0.05, 0.1) is 11.0 Å². The van der Waals surface area contributed by atoms with Gasteiger partial charge in [-0.05, 0) is 11.6 Å². The van der Waals surface area contributed by atoms with Gasteiger partial charge >= 0.3 is 0 Å². The SMILES string of the molecule is Fc1ccc(Cc2nc3cc(F)c(F)cc3[nH]2)c(F)c1. The van der Waals surface area contributed by atoms with Crippen molar-refractivity contribution in [2.75, 3.05) is 0 Å². The number of halogens is 4. The molecule has 0 aliphatic rings. The minimum absolute atomic E-state index is 0.0734. The van der Waals surface area contributed by atoms with Crippen LogP contribution < -0.4 is 0 Å². The normalized spacial score (nSPS) is 11.2. The van der Waals surface area contributed by atoms with Crippen molar-refractivity contribution in [3.63, 3.8) is 0 Å². The van der Waals surface area contributed by atoms with Crippen molar-refractivity contribution in [1.82, 2.24) is 9.97 Å². The second-order valence-corrected chi connectivity index (χ2v) is 4.38. The number of hydrogen-bond acceptors (Lipinski definition) is 1. The molecule has 0 fully saturated rings. The lowest BCUT2D eigenvalue weighted by molar-refractivity contribution is 0.510. The number of rotatable bonds is 2. The molecule has 0 amide bonds. The second kappa shape index (κ2) is 4.63. The summed E-state index contributed by atoms with van der Waals surface area (Å²) in [5.74, 6) is -3.00. The molecule has 0 saturated heterocycles. The van der Waals surface area contributed by atoms with E-state index in [-0.39, 0.29) is 17.5 Å². The van der Waals surface area contributed by atoms with Crippen molar-refractivity contribution < 1.29 is 17.6 Å². The van der Waals surface area contributed by atoms with Gasteiger partial charge in [-0.25, -0.2) is 22.5 Å². The van der Waals surface area contributed by atoms with E-state index < -0.39 is 23.3 Å². The predicted octanol–water partition coefficient (Wildman–Crippen LogP) is 3.71. The predicted molar refractivity (Wildman–Crippen MR) is 65.2 cm³/mol. The van der Waals surface area contributed by atoms with Crippen LogP contribution in [0.1, 0.15) is 11.4 Å². The minimum Gasteiger partial charge on any atom is -0.342 e. The van der Waals surface area contributed by atoms with Crippen molar-refractivity contribution in [2.45, 2.75) is 6.42 Å². The van der Waals surface area contributed by atoms with E-state index in [4.69, 9.17) is 0 Å². The summed E-state index contributed by atoms with van der Waals surface area (Å²) in [6, 6.07) is 5.17. The van der Waals surface area contributed by atoms with Gasteiger partial charge in [0.2, 0.25) is 0 Å². The molecule has 102 valence electrons. The molecule has 0 aliphatic carbocycles. The topological polar surface area (TPSA) is 28.7 Å². The summed E-state index contributed by atoms with van der Waals surface area (Å²) in [4.78, 5) is 6.83. The Hall–Kier alpha value is -2.37. The summed E-state index contributed by atoms with van der Waals surface area (Å²) in [7, 11) is 0. The minimum atomic E-state index is -0.997. The molecule has 0 radical (unpaired) electrons. The Balaban J connectivity index is 1.98. The molecule has 0 spiro atoms. The highest BCUT2D eigenvalue weighted by molar-refractivity contribution is 5.75. The van der Waals surface area contributed by atoms with Crippen LogP contribution in [0.2, 0.25) is 0 Å². The smallest absolute Gasteiger partial charge is 0.161 e. The zero-order valence-corrected chi connectivity index (χ0v) is 10.1. The van der Waals surface area contributed by atoms with Gasteiger partial charge < -0.3 is 4.98 Å². The zero-order valence-electron chi connectivity index (χ0n) is 10.1. The highest BCUT2D eigenvalue weighted by Gasteiger charge is 2.11. The molecule has 3 aromatic rings. The van der Waals surface area contributed by atoms with Gasteiger partial charge in [-0.1, -0.05) is 6.07 Å². The summed E-state index contributed by atoms with van der Waals surface area (Å²) in [5.41, 5.74) is 0.814. The fourth-order valence-corrected chi connectivity index (χ4v) is 1.99. The van der Waals surface area contributed by atoms with Crippen LogP contribution in [0.5, 0.6) is 0 Å². The van der Waals surface area contributed by atoms with Crippen LogP contribution in [-0.2, 0) is 6.42 Å². The van der Waals surface area contributed by atoms with Crippen LogP contribution in [0.25, 0.3) is 11.0 Å². The number of imidazole rings is 1. The molecule has 1 aromatic heterocycles. The number of nitrogens with one attached hydrogen (secondary N) is 1. The maximum atomic E-state index is 13.5. The Kier molecular flexibility index (Phi) is 2.93. The molecule has 3 rings (SSSR count). The van der Waals surface area contributed by atoms with Crippen LogP contribution in [-0.4, -0.2) is 9.97 Å². The summed E-state index contributed by atoms with van der Waals surface area (Å²) in [6.45, 7) is 0. The van der Waals surface area contributed by atoms with Crippen molar-refractivity contribution in [1.29, 1.82) is 0 Å². The third-order valence-electron chi connectivity index (χ3n) is 2.95. The van der Waals surface area contributed by atoms with Gasteiger partial charge in [-0.3, -0.25) is 0 Å². The van der Waals surface area contributed by atoms with E-state index in [1.54, 1.807) is 0 Å². The molecular weight excluding hydrogens is 272 g/mol. The monoisotopic (exact) mass is 280 g/mol. The highest BCUT2D eigenvalue weighted by atomic mass is 19.2. The lowest BCUT2D eigenvalue weighted by Gasteiger charge is -2.00. The number of nitrogens with zero attached hydrogens (tertiary/aromatic N) is 1. The molecule has 1 N–H and O–H groups in total. The Morgan fingerprint density at radius 3 is 2.40 bits per heavy atom. The van der Waals surface area contributed by atoms with E-state index in [0.29, 0.717) is 11.3 Å². The summed E-state index contributed by atoms with van der Waals surface area (Å²) < 4.78 is 52.4. The average molecular weight is 280 g/mol. The van der Waals surface area contributed by atoms with Gasteiger partial charge in [0.25, 0.3) is 0 Å². The van der Waals surface area contributed by atoms with Crippen LogP contribution in [0.15, 0.2) is 30.3 Å². The molecule has 0 bridgehead atoms. The van der Waals surface area contributed by atoms with Crippen molar-refractivity contribution >= 4 is 11.0 Å². The highest BCUT2D eigenvalue weighted by Crippen LogP contribution is 2.19. The molecule has 6 heteroatoms. The molecule has 0 atom stereocenters. The second-order valence-electron chi connectivity index (χ2n) is 4.38. The summed E-state index contributed by atoms with van der Waals surface area (Å²) >= 11 is 0. The van der Waals surface area contributed by atoms with Gasteiger partial charge in [-0.15, -0.1) is 0 Å². The molecule has 20 heavy (non-hydrogen) atoms. The Morgan fingerprint density at radius 1 is 0.900 bits per heavy atom. The van der Waals surface area contributed by atoms with Crippen LogP contribution in [0, 0.1) is 23.3 Å². The third kappa shape index (κ3) is 2.24. The first-order valence-electron chi connectivity index (χ1n) is 5.80. The van der Waals surface area contributed by atoms with Crippen LogP contribution in [0.3, 0.4) is 0 Å². The summed E-state index contributed by atoms with van der Waals surface area (Å²) in [5, 5.41) is 0. The van der Waals surface area contributed by atoms with Gasteiger partial charge in [0, 0.05) is 24.6 Å². The van der Waals surface area contributed by atoms with Crippen LogP contribution >= 0.6 is 0 Å². The molecule has 1 heterocycles. The third-order valence-corrected chi connectivity index (χ3v) is 2.95. The maximum absolute atomic E-state index is 13.5. The summed E-state index contributed by atoms with van der Waals surface area (Å²) in [6.07, 6.45) is 0.0734. The van der Waals surface area contributed by atoms with E-state index in [0.717, 1.165) is 24.3 Å². The number of H-pyrrole nitrogens is 1. The van der Waals surface area contributed by atoms with Crippen molar-refractivity contribution in [3.8, 4) is 0 Å². The van der Waals surface area contributed by atoms with Gasteiger partial charge in [0.1, 0.15) is 17.5 Å². The molecule has 0 aliphatic heterocycles. The number of fused-ring (bicyclic) bond motifs is 1. The maximum Gasteiger partial charge on any atom is 0.161 e. The molecule has 0 saturated carbocycles. The number of hydrogen-bond donors (Lipinski definition) is 1. The molecular formula is C14H8F4N2. The number of benzene rings is 2. The lowest BCUT2D eigenvalue weighted by atomic mass is 10.1. The number of aromatic amines is 1. The first-order valence-corrected chi connectivity index (χ1v) is 5.80. The molecule has 0 unspecified atom stereocenters. The van der Waals surface area contributed by atoms with E-state index in [9.17, 15) is 17.6 Å². The van der Waals surface area contributed by atoms with E-state index in [1.165, 1.54) is 6.07 Å². The van der Waals surface area contributed by atoms with Gasteiger partial charge in [-0.2, -0.15) is 0 Å². The zero-order chi connectivity index (χ0) is 14.3. The quantitative estimate of drug-likeness (QED) is 0.712. The molecule has 2 nitrogen and oxygen atoms in total. The fourth-order valence-electron chi connectivity index (χ4n) is 1.99. The van der Waals surface area contributed by atoms with Crippen molar-refractivity contribution in [3.05, 3.63) is 65.0 Å². The van der Waals surface area contributed by atoms with Crippen LogP contribution in [0.4, 0.5) is 17.6 Å². The van der Waals surface area contributed by atoms with E-state index in [1.807, 2.05) is 0 Å². The van der Waals surface area contributed by atoms with Gasteiger partial charge in [0.15, 0.2) is 11.6 Å². The lowest BCUT2D eigenvalue weighted by Crippen LogP contribution is -1.95. The standard InChI is InChI=1S/C14H8F4N2/c15-8-2-1-7(9(16)4-8)3-14-19-12-5-10(17)11(18)6-13(12)20-14/h1-2,4-6H,3H2,(H,19,20). The fraction of sp³-hybridized carbons (Fsp3) is 0.0714. The molecule has 2 aromatic carbocycles.